The standard InChI is InChI=1S/C21H25ClN2O2/c1-16-2-4-17(5-3-16)20(24-10-12-26-13-11-24)14-23-15-21(25)18-6-8-19(22)9-7-18/h2-9,20,23H,10-15H2,1H3. The van der Waals surface area contributed by atoms with Crippen LogP contribution >= 0.6 is 11.6 Å². The molecule has 1 heterocycles. The second kappa shape index (κ2) is 9.28. The molecule has 26 heavy (non-hydrogen) atoms. The van der Waals surface area contributed by atoms with Crippen molar-refractivity contribution in [3.05, 3.63) is 70.2 Å². The van der Waals surface area contributed by atoms with E-state index in [1.165, 1.54) is 11.1 Å². The van der Waals surface area contributed by atoms with E-state index in [-0.39, 0.29) is 11.8 Å². The fraction of sp³-hybridized carbons (Fsp3) is 0.381. The van der Waals surface area contributed by atoms with Gasteiger partial charge in [-0.2, -0.15) is 0 Å². The van der Waals surface area contributed by atoms with Crippen LogP contribution in [0.25, 0.3) is 0 Å². The largest absolute Gasteiger partial charge is 0.379 e. The molecule has 4 nitrogen and oxygen atoms in total. The Labute approximate surface area is 160 Å². The number of halogens is 1. The number of nitrogens with zero attached hydrogens (tertiary/aromatic N) is 1. The van der Waals surface area contributed by atoms with Gasteiger partial charge in [0.05, 0.1) is 19.8 Å². The van der Waals surface area contributed by atoms with Crippen LogP contribution in [-0.2, 0) is 4.74 Å². The van der Waals surface area contributed by atoms with Crippen molar-refractivity contribution >= 4 is 17.4 Å². The van der Waals surface area contributed by atoms with Crippen LogP contribution in [0.1, 0.15) is 27.5 Å². The number of aryl methyl sites for hydroxylation is 1. The van der Waals surface area contributed by atoms with E-state index in [1.807, 2.05) is 0 Å². The van der Waals surface area contributed by atoms with Gasteiger partial charge in [0.1, 0.15) is 0 Å². The Morgan fingerprint density at radius 2 is 1.77 bits per heavy atom. The second-order valence-electron chi connectivity index (χ2n) is 6.64. The van der Waals surface area contributed by atoms with E-state index < -0.39 is 0 Å². The first-order chi connectivity index (χ1) is 12.6. The number of rotatable bonds is 7. The molecule has 0 amide bonds. The van der Waals surface area contributed by atoms with Crippen molar-refractivity contribution in [1.82, 2.24) is 10.2 Å². The minimum atomic E-state index is 0.0753. The van der Waals surface area contributed by atoms with Gasteiger partial charge in [0.25, 0.3) is 0 Å². The lowest BCUT2D eigenvalue weighted by Crippen LogP contribution is -2.43. The van der Waals surface area contributed by atoms with Crippen molar-refractivity contribution < 1.29 is 9.53 Å². The summed E-state index contributed by atoms with van der Waals surface area (Å²) in [5, 5.41) is 3.98. The van der Waals surface area contributed by atoms with Crippen LogP contribution in [0, 0.1) is 6.92 Å². The molecular formula is C21H25ClN2O2. The number of hydrogen-bond acceptors (Lipinski definition) is 4. The van der Waals surface area contributed by atoms with Crippen LogP contribution in [0.4, 0.5) is 0 Å². The number of ketones is 1. The molecule has 5 heteroatoms. The van der Waals surface area contributed by atoms with Gasteiger partial charge in [0.2, 0.25) is 0 Å². The number of nitrogens with one attached hydrogen (secondary N) is 1. The molecule has 1 fully saturated rings. The average Bonchev–Trinajstić information content (AvgIpc) is 2.67. The first-order valence-electron chi connectivity index (χ1n) is 9.01. The molecule has 0 radical (unpaired) electrons. The fourth-order valence-electron chi connectivity index (χ4n) is 3.20. The summed E-state index contributed by atoms with van der Waals surface area (Å²) in [4.78, 5) is 14.8. The SMILES string of the molecule is Cc1ccc(C(CNCC(=O)c2ccc(Cl)cc2)N2CCOCC2)cc1. The third kappa shape index (κ3) is 5.15. The Kier molecular flexibility index (Phi) is 6.80. The van der Waals surface area contributed by atoms with E-state index >= 15 is 0 Å². The summed E-state index contributed by atoms with van der Waals surface area (Å²) in [5.74, 6) is 0.0753. The molecule has 0 saturated carbocycles. The van der Waals surface area contributed by atoms with Crippen molar-refractivity contribution in [1.29, 1.82) is 0 Å². The van der Waals surface area contributed by atoms with Crippen LogP contribution in [0.15, 0.2) is 48.5 Å². The topological polar surface area (TPSA) is 41.6 Å². The van der Waals surface area contributed by atoms with E-state index in [4.69, 9.17) is 16.3 Å². The Hall–Kier alpha value is -1.72. The minimum absolute atomic E-state index is 0.0753. The molecule has 1 aliphatic rings. The van der Waals surface area contributed by atoms with Gasteiger partial charge in [-0.15, -0.1) is 0 Å². The molecule has 0 aromatic heterocycles. The van der Waals surface area contributed by atoms with Gasteiger partial charge in [-0.05, 0) is 36.8 Å². The summed E-state index contributed by atoms with van der Waals surface area (Å²) in [5.41, 5.74) is 3.20. The Bertz CT molecular complexity index is 710. The van der Waals surface area contributed by atoms with Crippen molar-refractivity contribution in [3.8, 4) is 0 Å². The molecule has 1 atom stereocenters. The van der Waals surface area contributed by atoms with Crippen molar-refractivity contribution in [2.45, 2.75) is 13.0 Å². The molecular weight excluding hydrogens is 348 g/mol. The van der Waals surface area contributed by atoms with E-state index in [0.29, 0.717) is 17.1 Å². The highest BCUT2D eigenvalue weighted by atomic mass is 35.5. The first-order valence-corrected chi connectivity index (χ1v) is 9.39. The van der Waals surface area contributed by atoms with Gasteiger partial charge in [0.15, 0.2) is 5.78 Å². The van der Waals surface area contributed by atoms with Crippen LogP contribution in [0.2, 0.25) is 5.02 Å². The van der Waals surface area contributed by atoms with E-state index in [9.17, 15) is 4.79 Å². The summed E-state index contributed by atoms with van der Waals surface area (Å²) in [6.07, 6.45) is 0. The first kappa shape index (κ1) is 19.1. The highest BCUT2D eigenvalue weighted by molar-refractivity contribution is 6.30. The summed E-state index contributed by atoms with van der Waals surface area (Å²) in [7, 11) is 0. The predicted octanol–water partition coefficient (Wildman–Crippen LogP) is 3.49. The van der Waals surface area contributed by atoms with E-state index in [2.05, 4.69) is 41.4 Å². The van der Waals surface area contributed by atoms with Crippen molar-refractivity contribution in [2.75, 3.05) is 39.4 Å². The van der Waals surface area contributed by atoms with Crippen LogP contribution in [-0.4, -0.2) is 50.1 Å². The highest BCUT2D eigenvalue weighted by Crippen LogP contribution is 2.22. The van der Waals surface area contributed by atoms with Gasteiger partial charge in [-0.3, -0.25) is 9.69 Å². The maximum Gasteiger partial charge on any atom is 0.176 e. The molecule has 0 bridgehead atoms. The smallest absolute Gasteiger partial charge is 0.176 e. The quantitative estimate of drug-likeness (QED) is 0.755. The number of carbonyl (C=O) groups excluding carboxylic acids is 1. The number of hydrogen-bond donors (Lipinski definition) is 1. The summed E-state index contributed by atoms with van der Waals surface area (Å²) in [6.45, 7) is 6.46. The molecule has 2 aromatic carbocycles. The number of benzene rings is 2. The summed E-state index contributed by atoms with van der Waals surface area (Å²) < 4.78 is 5.49. The molecule has 1 N–H and O–H groups in total. The molecule has 3 rings (SSSR count). The lowest BCUT2D eigenvalue weighted by Gasteiger charge is -2.35. The number of Topliss-reactive ketones (excluding diaryl/α,β-unsaturated/α-hetero) is 1. The lowest BCUT2D eigenvalue weighted by molar-refractivity contribution is 0.0162. The Morgan fingerprint density at radius 1 is 1.12 bits per heavy atom. The number of carbonyl (C=O) groups is 1. The van der Waals surface area contributed by atoms with Crippen LogP contribution in [0.3, 0.4) is 0 Å². The van der Waals surface area contributed by atoms with Gasteiger partial charge in [-0.1, -0.05) is 41.4 Å². The molecule has 1 unspecified atom stereocenters. The number of ether oxygens (including phenoxy) is 1. The third-order valence-corrected chi connectivity index (χ3v) is 4.99. The second-order valence-corrected chi connectivity index (χ2v) is 7.07. The van der Waals surface area contributed by atoms with E-state index in [1.54, 1.807) is 24.3 Å². The Morgan fingerprint density at radius 3 is 2.42 bits per heavy atom. The lowest BCUT2D eigenvalue weighted by atomic mass is 10.0. The Balaban J connectivity index is 1.62. The zero-order valence-electron chi connectivity index (χ0n) is 15.1. The maximum atomic E-state index is 12.4. The average molecular weight is 373 g/mol. The third-order valence-electron chi connectivity index (χ3n) is 4.74. The minimum Gasteiger partial charge on any atom is -0.379 e. The predicted molar refractivity (Wildman–Crippen MR) is 105 cm³/mol. The van der Waals surface area contributed by atoms with Crippen LogP contribution in [0.5, 0.6) is 0 Å². The molecule has 0 aliphatic carbocycles. The van der Waals surface area contributed by atoms with Gasteiger partial charge in [0, 0.05) is 36.3 Å². The van der Waals surface area contributed by atoms with Gasteiger partial charge < -0.3 is 10.1 Å². The zero-order valence-corrected chi connectivity index (χ0v) is 15.8. The summed E-state index contributed by atoms with van der Waals surface area (Å²) in [6, 6.07) is 15.9. The zero-order chi connectivity index (χ0) is 18.4. The molecule has 0 spiro atoms. The maximum absolute atomic E-state index is 12.4. The molecule has 2 aromatic rings. The fourth-order valence-corrected chi connectivity index (χ4v) is 3.32. The molecule has 138 valence electrons. The monoisotopic (exact) mass is 372 g/mol. The normalized spacial score (nSPS) is 16.4. The highest BCUT2D eigenvalue weighted by Gasteiger charge is 2.22. The molecule has 1 saturated heterocycles. The number of morpholine rings is 1. The van der Waals surface area contributed by atoms with Crippen molar-refractivity contribution in [2.24, 2.45) is 0 Å². The molecule has 1 aliphatic heterocycles. The van der Waals surface area contributed by atoms with Gasteiger partial charge >= 0.3 is 0 Å². The van der Waals surface area contributed by atoms with Crippen LogP contribution < -0.4 is 5.32 Å². The summed E-state index contributed by atoms with van der Waals surface area (Å²) >= 11 is 5.88. The van der Waals surface area contributed by atoms with E-state index in [0.717, 1.165) is 32.8 Å². The van der Waals surface area contributed by atoms with Gasteiger partial charge in [-0.25, -0.2) is 0 Å². The van der Waals surface area contributed by atoms with Crippen molar-refractivity contribution in [3.63, 3.8) is 0 Å².